The van der Waals surface area contributed by atoms with E-state index in [9.17, 15) is 33.9 Å². The number of nitrogens with one attached hydrogen (secondary N) is 2. The van der Waals surface area contributed by atoms with Crippen LogP contribution in [0.2, 0.25) is 0 Å². The van der Waals surface area contributed by atoms with Gasteiger partial charge in [0.15, 0.2) is 0 Å². The summed E-state index contributed by atoms with van der Waals surface area (Å²) in [4.78, 5) is 73.0. The topological polar surface area (TPSA) is 222 Å². The monoisotopic (exact) mass is 471 g/mol. The fraction of sp³-hybridized carbons (Fsp3) is 0.700. The van der Waals surface area contributed by atoms with E-state index in [2.05, 4.69) is 10.6 Å². The number of carbonyl (C=O) groups excluding carboxylic acids is 4. The van der Waals surface area contributed by atoms with Crippen molar-refractivity contribution in [2.24, 2.45) is 17.4 Å². The highest BCUT2D eigenvalue weighted by molar-refractivity contribution is 5.95. The molecule has 186 valence electrons. The molecule has 1 saturated heterocycles. The Morgan fingerprint density at radius 3 is 2.24 bits per heavy atom. The number of carbonyl (C=O) groups is 6. The van der Waals surface area contributed by atoms with Crippen molar-refractivity contribution in [2.75, 3.05) is 6.54 Å². The molecule has 8 N–H and O–H groups in total. The van der Waals surface area contributed by atoms with Crippen LogP contribution < -0.4 is 22.1 Å². The molecule has 1 aliphatic rings. The Kier molecular flexibility index (Phi) is 10.7. The molecular formula is C20H33N5O8. The van der Waals surface area contributed by atoms with Crippen LogP contribution in [0.5, 0.6) is 0 Å². The molecule has 0 bridgehead atoms. The normalized spacial score (nSPS) is 19.1. The summed E-state index contributed by atoms with van der Waals surface area (Å²) >= 11 is 0. The molecule has 0 spiro atoms. The summed E-state index contributed by atoms with van der Waals surface area (Å²) in [5.74, 6) is -5.78. The molecule has 0 aliphatic carbocycles. The van der Waals surface area contributed by atoms with Crippen LogP contribution in [0, 0.1) is 5.92 Å². The average molecular weight is 472 g/mol. The standard InChI is InChI=1S/C20H33N5O8/c1-3-10(2)16(22)18(30)23-11(6-7-15(27)28)19(31)25-8-4-5-13(25)17(29)24-12(20(32)33)9-14(21)26/h10-13,16H,3-9,22H2,1-2H3,(H2,21,26)(H,23,30)(H,24,29)(H,27,28)(H,32,33). The van der Waals surface area contributed by atoms with Gasteiger partial charge in [0.2, 0.25) is 23.6 Å². The second kappa shape index (κ2) is 12.7. The molecule has 1 aliphatic heterocycles. The van der Waals surface area contributed by atoms with E-state index < -0.39 is 72.6 Å². The number of primary amides is 1. The fourth-order valence-electron chi connectivity index (χ4n) is 3.48. The van der Waals surface area contributed by atoms with Crippen molar-refractivity contribution < 1.29 is 39.0 Å². The predicted octanol–water partition coefficient (Wildman–Crippen LogP) is -1.85. The van der Waals surface area contributed by atoms with Crippen molar-refractivity contribution in [3.8, 4) is 0 Å². The number of hydrogen-bond donors (Lipinski definition) is 6. The average Bonchev–Trinajstić information content (AvgIpc) is 3.23. The van der Waals surface area contributed by atoms with Gasteiger partial charge in [0.1, 0.15) is 18.1 Å². The number of nitrogens with two attached hydrogens (primary N) is 2. The molecule has 5 unspecified atom stereocenters. The van der Waals surface area contributed by atoms with Crippen molar-refractivity contribution in [2.45, 2.75) is 76.5 Å². The van der Waals surface area contributed by atoms with Gasteiger partial charge < -0.3 is 37.2 Å². The fourth-order valence-corrected chi connectivity index (χ4v) is 3.48. The molecule has 1 heterocycles. The highest BCUT2D eigenvalue weighted by atomic mass is 16.4. The van der Waals surface area contributed by atoms with E-state index in [1.54, 1.807) is 6.92 Å². The molecule has 13 nitrogen and oxygen atoms in total. The van der Waals surface area contributed by atoms with E-state index in [4.69, 9.17) is 16.6 Å². The van der Waals surface area contributed by atoms with Crippen LogP contribution in [0.1, 0.15) is 52.4 Å². The van der Waals surface area contributed by atoms with Crippen LogP contribution in [0.3, 0.4) is 0 Å². The van der Waals surface area contributed by atoms with E-state index >= 15 is 0 Å². The lowest BCUT2D eigenvalue weighted by molar-refractivity contribution is -0.146. The first-order chi connectivity index (χ1) is 15.4. The third-order valence-electron chi connectivity index (χ3n) is 5.68. The largest absolute Gasteiger partial charge is 0.481 e. The van der Waals surface area contributed by atoms with Crippen molar-refractivity contribution in [1.29, 1.82) is 0 Å². The summed E-state index contributed by atoms with van der Waals surface area (Å²) in [5, 5.41) is 22.9. The summed E-state index contributed by atoms with van der Waals surface area (Å²) < 4.78 is 0. The van der Waals surface area contributed by atoms with Gasteiger partial charge in [-0.3, -0.25) is 24.0 Å². The first-order valence-corrected chi connectivity index (χ1v) is 10.8. The van der Waals surface area contributed by atoms with Gasteiger partial charge in [0.25, 0.3) is 0 Å². The lowest BCUT2D eigenvalue weighted by Gasteiger charge is -2.30. The van der Waals surface area contributed by atoms with Crippen molar-refractivity contribution in [3.63, 3.8) is 0 Å². The summed E-state index contributed by atoms with van der Waals surface area (Å²) in [6.45, 7) is 3.77. The van der Waals surface area contributed by atoms with Gasteiger partial charge in [-0.05, 0) is 25.2 Å². The van der Waals surface area contributed by atoms with Crippen molar-refractivity contribution in [1.82, 2.24) is 15.5 Å². The molecule has 0 saturated carbocycles. The Bertz CT molecular complexity index is 774. The second-order valence-corrected chi connectivity index (χ2v) is 8.16. The number of likely N-dealkylation sites (tertiary alicyclic amines) is 1. The van der Waals surface area contributed by atoms with Gasteiger partial charge >= 0.3 is 11.9 Å². The molecule has 0 aromatic heterocycles. The number of nitrogens with zero attached hydrogens (tertiary/aromatic N) is 1. The first kappa shape index (κ1) is 27.8. The van der Waals surface area contributed by atoms with Crippen LogP contribution in [0.15, 0.2) is 0 Å². The maximum absolute atomic E-state index is 13.2. The molecule has 0 aromatic carbocycles. The van der Waals surface area contributed by atoms with E-state index in [-0.39, 0.29) is 25.3 Å². The molecular weight excluding hydrogens is 438 g/mol. The summed E-state index contributed by atoms with van der Waals surface area (Å²) in [7, 11) is 0. The van der Waals surface area contributed by atoms with Gasteiger partial charge in [-0.25, -0.2) is 4.79 Å². The zero-order valence-corrected chi connectivity index (χ0v) is 18.8. The van der Waals surface area contributed by atoms with Crippen LogP contribution in [0.25, 0.3) is 0 Å². The zero-order valence-electron chi connectivity index (χ0n) is 18.8. The molecule has 0 radical (unpaired) electrons. The Balaban J connectivity index is 3.00. The smallest absolute Gasteiger partial charge is 0.326 e. The molecule has 1 rings (SSSR count). The highest BCUT2D eigenvalue weighted by Gasteiger charge is 2.39. The Hall–Kier alpha value is -3.22. The van der Waals surface area contributed by atoms with Crippen LogP contribution in [-0.2, 0) is 28.8 Å². The van der Waals surface area contributed by atoms with Crippen LogP contribution >= 0.6 is 0 Å². The predicted molar refractivity (Wildman–Crippen MR) is 114 cm³/mol. The minimum atomic E-state index is -1.55. The lowest BCUT2D eigenvalue weighted by Crippen LogP contribution is -2.57. The van der Waals surface area contributed by atoms with Gasteiger partial charge in [-0.2, -0.15) is 0 Å². The van der Waals surface area contributed by atoms with Gasteiger partial charge in [0.05, 0.1) is 12.5 Å². The Morgan fingerprint density at radius 1 is 1.09 bits per heavy atom. The summed E-state index contributed by atoms with van der Waals surface area (Å²) in [6, 6.07) is -4.72. The molecule has 1 fully saturated rings. The van der Waals surface area contributed by atoms with Crippen LogP contribution in [-0.4, -0.2) is 81.4 Å². The SMILES string of the molecule is CCC(C)C(N)C(=O)NC(CCC(=O)O)C(=O)N1CCCC1C(=O)NC(CC(N)=O)C(=O)O. The Morgan fingerprint density at radius 2 is 1.73 bits per heavy atom. The van der Waals surface area contributed by atoms with E-state index in [0.29, 0.717) is 12.8 Å². The quantitative estimate of drug-likeness (QED) is 0.177. The maximum Gasteiger partial charge on any atom is 0.326 e. The van der Waals surface area contributed by atoms with Crippen molar-refractivity contribution in [3.05, 3.63) is 0 Å². The van der Waals surface area contributed by atoms with E-state index in [1.165, 1.54) is 4.90 Å². The lowest BCUT2D eigenvalue weighted by atomic mass is 9.98. The number of hydrogen-bond acceptors (Lipinski definition) is 7. The number of aliphatic carboxylic acids is 2. The van der Waals surface area contributed by atoms with E-state index in [1.807, 2.05) is 6.92 Å². The number of carboxylic acids is 2. The zero-order chi connectivity index (χ0) is 25.3. The number of rotatable bonds is 13. The number of amides is 4. The van der Waals surface area contributed by atoms with Gasteiger partial charge in [-0.15, -0.1) is 0 Å². The minimum Gasteiger partial charge on any atom is -0.481 e. The summed E-state index contributed by atoms with van der Waals surface area (Å²) in [5.41, 5.74) is 10.9. The first-order valence-electron chi connectivity index (χ1n) is 10.8. The molecule has 0 aromatic rings. The molecule has 4 amide bonds. The summed E-state index contributed by atoms with van der Waals surface area (Å²) in [6.07, 6.45) is 0.0478. The Labute approximate surface area is 191 Å². The number of carboxylic acid groups (broad SMARTS) is 2. The van der Waals surface area contributed by atoms with Crippen molar-refractivity contribution >= 4 is 35.6 Å². The minimum absolute atomic E-state index is 0.154. The highest BCUT2D eigenvalue weighted by Crippen LogP contribution is 2.20. The molecule has 13 heteroatoms. The van der Waals surface area contributed by atoms with E-state index in [0.717, 1.165) is 0 Å². The molecule has 33 heavy (non-hydrogen) atoms. The third-order valence-corrected chi connectivity index (χ3v) is 5.68. The van der Waals surface area contributed by atoms with Gasteiger partial charge in [0, 0.05) is 13.0 Å². The second-order valence-electron chi connectivity index (χ2n) is 8.16. The third kappa shape index (κ3) is 8.33. The van der Waals surface area contributed by atoms with Crippen LogP contribution in [0.4, 0.5) is 0 Å². The molecule has 5 atom stereocenters. The maximum atomic E-state index is 13.2. The van der Waals surface area contributed by atoms with Gasteiger partial charge in [-0.1, -0.05) is 20.3 Å².